The van der Waals surface area contributed by atoms with Gasteiger partial charge in [-0.3, -0.25) is 4.79 Å². The van der Waals surface area contributed by atoms with Crippen molar-refractivity contribution in [2.75, 3.05) is 28.6 Å². The number of rotatable bonds is 6. The van der Waals surface area contributed by atoms with Crippen LogP contribution in [0, 0.1) is 0 Å². The van der Waals surface area contributed by atoms with Gasteiger partial charge in [0.05, 0.1) is 28.4 Å². The van der Waals surface area contributed by atoms with Crippen LogP contribution in [0.4, 0.5) is 22.7 Å². The molecule has 0 saturated carbocycles. The highest BCUT2D eigenvalue weighted by Gasteiger charge is 2.20. The molecular formula is C28H25N5O2S. The number of anilines is 4. The quantitative estimate of drug-likeness (QED) is 0.283. The molecule has 6 rings (SSSR count). The van der Waals surface area contributed by atoms with Crippen LogP contribution in [0.2, 0.25) is 0 Å². The molecule has 1 unspecified atom stereocenters. The minimum Gasteiger partial charge on any atom is -0.391 e. The number of carbonyl (C=O) groups is 1. The summed E-state index contributed by atoms with van der Waals surface area (Å²) in [4.78, 5) is 15.2. The molecule has 3 aromatic carbocycles. The summed E-state index contributed by atoms with van der Waals surface area (Å²) >= 11 is 1.42. The third-order valence-corrected chi connectivity index (χ3v) is 7.24. The highest BCUT2D eigenvalue weighted by atomic mass is 32.1. The number of aromatic nitrogens is 2. The van der Waals surface area contributed by atoms with E-state index in [2.05, 4.69) is 57.0 Å². The fraction of sp³-hybridized carbons (Fsp3) is 0.143. The fourth-order valence-electron chi connectivity index (χ4n) is 4.50. The van der Waals surface area contributed by atoms with E-state index >= 15 is 0 Å². The third-order valence-electron chi connectivity index (χ3n) is 6.37. The summed E-state index contributed by atoms with van der Waals surface area (Å²) in [5, 5.41) is 23.7. The Bertz CT molecular complexity index is 1490. The summed E-state index contributed by atoms with van der Waals surface area (Å²) in [6.07, 6.45) is 2.45. The number of β-amino-alcohol motifs (C(OH)–C–C–N with tert-alkyl or cyclic N) is 1. The number of nitrogens with zero attached hydrogens (tertiary/aromatic N) is 3. The van der Waals surface area contributed by atoms with Gasteiger partial charge >= 0.3 is 0 Å². The summed E-state index contributed by atoms with van der Waals surface area (Å²) < 4.78 is 1.89. The lowest BCUT2D eigenvalue weighted by atomic mass is 10.2. The van der Waals surface area contributed by atoms with E-state index in [-0.39, 0.29) is 12.0 Å². The zero-order valence-electron chi connectivity index (χ0n) is 19.5. The summed E-state index contributed by atoms with van der Waals surface area (Å²) in [5.74, 6) is -0.105. The second-order valence-electron chi connectivity index (χ2n) is 8.87. The molecule has 7 nitrogen and oxygen atoms in total. The summed E-state index contributed by atoms with van der Waals surface area (Å²) in [6, 6.07) is 25.8. The lowest BCUT2D eigenvalue weighted by Gasteiger charge is -2.18. The summed E-state index contributed by atoms with van der Waals surface area (Å²) in [5.41, 5.74) is 5.78. The van der Waals surface area contributed by atoms with Crippen molar-refractivity contribution in [2.24, 2.45) is 0 Å². The Hall–Kier alpha value is -4.14. The van der Waals surface area contributed by atoms with Gasteiger partial charge in [-0.1, -0.05) is 6.07 Å². The number of nitrogens with one attached hydrogen (secondary N) is 2. The number of carbonyl (C=O) groups excluding carboxylic acids is 1. The van der Waals surface area contributed by atoms with Crippen molar-refractivity contribution in [1.29, 1.82) is 0 Å². The molecule has 36 heavy (non-hydrogen) atoms. The van der Waals surface area contributed by atoms with Crippen LogP contribution < -0.4 is 15.5 Å². The Morgan fingerprint density at radius 1 is 0.944 bits per heavy atom. The Kier molecular flexibility index (Phi) is 5.88. The Morgan fingerprint density at radius 3 is 2.42 bits per heavy atom. The molecule has 3 heterocycles. The van der Waals surface area contributed by atoms with Gasteiger partial charge in [0.1, 0.15) is 0 Å². The number of hydrogen-bond acceptors (Lipinski definition) is 6. The molecular weight excluding hydrogens is 470 g/mol. The van der Waals surface area contributed by atoms with Crippen molar-refractivity contribution >= 4 is 50.9 Å². The van der Waals surface area contributed by atoms with E-state index in [1.165, 1.54) is 11.3 Å². The van der Waals surface area contributed by atoms with Gasteiger partial charge in [-0.15, -0.1) is 11.3 Å². The van der Waals surface area contributed by atoms with E-state index in [1.54, 1.807) is 0 Å². The first-order chi connectivity index (χ1) is 17.6. The molecule has 5 aromatic rings. The van der Waals surface area contributed by atoms with Crippen LogP contribution in [-0.4, -0.2) is 40.0 Å². The van der Waals surface area contributed by atoms with Crippen LogP contribution in [0.3, 0.4) is 0 Å². The van der Waals surface area contributed by atoms with Crippen molar-refractivity contribution in [1.82, 2.24) is 9.78 Å². The highest BCUT2D eigenvalue weighted by molar-refractivity contribution is 7.12. The molecule has 8 heteroatoms. The smallest absolute Gasteiger partial charge is 0.265 e. The van der Waals surface area contributed by atoms with E-state index in [0.29, 0.717) is 11.4 Å². The molecule has 2 aromatic heterocycles. The molecule has 0 aliphatic carbocycles. The normalized spacial score (nSPS) is 15.4. The zero-order valence-corrected chi connectivity index (χ0v) is 20.3. The third kappa shape index (κ3) is 4.56. The van der Waals surface area contributed by atoms with Gasteiger partial charge < -0.3 is 20.6 Å². The summed E-state index contributed by atoms with van der Waals surface area (Å²) in [7, 11) is 0. The number of hydrogen-bond donors (Lipinski definition) is 3. The number of aliphatic hydroxyl groups excluding tert-OH is 1. The maximum absolute atomic E-state index is 12.3. The van der Waals surface area contributed by atoms with E-state index in [0.717, 1.165) is 52.3 Å². The van der Waals surface area contributed by atoms with Crippen molar-refractivity contribution < 1.29 is 9.90 Å². The topological polar surface area (TPSA) is 82.4 Å². The lowest BCUT2D eigenvalue weighted by Crippen LogP contribution is -2.20. The molecule has 1 aliphatic heterocycles. The molecule has 180 valence electrons. The molecule has 0 spiro atoms. The molecule has 3 N–H and O–H groups in total. The van der Waals surface area contributed by atoms with E-state index in [4.69, 9.17) is 0 Å². The van der Waals surface area contributed by atoms with Gasteiger partial charge in [-0.25, -0.2) is 4.68 Å². The molecule has 1 atom stereocenters. The standard InChI is InChI=1S/C28H25N5O2S/c34-25-13-14-32(18-25)23-8-3-20(4-9-23)30-22-7-12-26-19(16-22)17-29-33(26)24-10-5-21(6-11-24)31-28(35)27-2-1-15-36-27/h1-12,15-17,25,30,34H,13-14,18H2,(H,31,35). The van der Waals surface area contributed by atoms with Gasteiger partial charge in [-0.05, 0) is 84.6 Å². The minimum atomic E-state index is -0.231. The molecule has 1 fully saturated rings. The number of amides is 1. The molecule has 0 radical (unpaired) electrons. The maximum atomic E-state index is 12.3. The number of benzene rings is 3. The molecule has 1 amide bonds. The van der Waals surface area contributed by atoms with Crippen LogP contribution in [0.5, 0.6) is 0 Å². The van der Waals surface area contributed by atoms with Gasteiger partial charge in [0, 0.05) is 41.2 Å². The average Bonchev–Trinajstić information content (AvgIpc) is 3.66. The fourth-order valence-corrected chi connectivity index (χ4v) is 5.12. The van der Waals surface area contributed by atoms with Crippen LogP contribution >= 0.6 is 11.3 Å². The van der Waals surface area contributed by atoms with Gasteiger partial charge in [-0.2, -0.15) is 5.10 Å². The SMILES string of the molecule is O=C(Nc1ccc(-n2ncc3cc(Nc4ccc(N5CCC(O)C5)cc4)ccc32)cc1)c1cccs1. The van der Waals surface area contributed by atoms with E-state index in [1.807, 2.05) is 58.7 Å². The zero-order chi connectivity index (χ0) is 24.5. The first-order valence-corrected chi connectivity index (χ1v) is 12.7. The van der Waals surface area contributed by atoms with Gasteiger partial charge in [0.2, 0.25) is 0 Å². The van der Waals surface area contributed by atoms with Gasteiger partial charge in [0.15, 0.2) is 0 Å². The van der Waals surface area contributed by atoms with Gasteiger partial charge in [0.25, 0.3) is 5.91 Å². The van der Waals surface area contributed by atoms with Crippen molar-refractivity contribution in [3.05, 3.63) is 95.3 Å². The van der Waals surface area contributed by atoms with Crippen LogP contribution in [0.25, 0.3) is 16.6 Å². The Labute approximate surface area is 212 Å². The summed E-state index contributed by atoms with van der Waals surface area (Å²) in [6.45, 7) is 1.58. The predicted molar refractivity (Wildman–Crippen MR) is 146 cm³/mol. The average molecular weight is 496 g/mol. The number of aliphatic hydroxyl groups is 1. The van der Waals surface area contributed by atoms with E-state index < -0.39 is 0 Å². The van der Waals surface area contributed by atoms with Crippen LogP contribution in [0.1, 0.15) is 16.1 Å². The van der Waals surface area contributed by atoms with Crippen LogP contribution in [0.15, 0.2) is 90.4 Å². The predicted octanol–water partition coefficient (Wildman–Crippen LogP) is 5.65. The first-order valence-electron chi connectivity index (χ1n) is 11.9. The second-order valence-corrected chi connectivity index (χ2v) is 9.82. The second kappa shape index (κ2) is 9.49. The molecule has 1 aliphatic rings. The number of thiophene rings is 1. The highest BCUT2D eigenvalue weighted by Crippen LogP contribution is 2.27. The monoisotopic (exact) mass is 495 g/mol. The first kappa shape index (κ1) is 22.3. The Balaban J connectivity index is 1.15. The minimum absolute atomic E-state index is 0.105. The Morgan fingerprint density at radius 2 is 1.69 bits per heavy atom. The number of fused-ring (bicyclic) bond motifs is 1. The van der Waals surface area contributed by atoms with E-state index in [9.17, 15) is 9.90 Å². The lowest BCUT2D eigenvalue weighted by molar-refractivity contribution is 0.103. The van der Waals surface area contributed by atoms with Crippen LogP contribution in [-0.2, 0) is 0 Å². The van der Waals surface area contributed by atoms with Crippen molar-refractivity contribution in [2.45, 2.75) is 12.5 Å². The molecule has 0 bridgehead atoms. The largest absolute Gasteiger partial charge is 0.391 e. The van der Waals surface area contributed by atoms with Crippen molar-refractivity contribution in [3.63, 3.8) is 0 Å². The van der Waals surface area contributed by atoms with Crippen molar-refractivity contribution in [3.8, 4) is 5.69 Å². The maximum Gasteiger partial charge on any atom is 0.265 e. The molecule has 1 saturated heterocycles.